The van der Waals surface area contributed by atoms with Gasteiger partial charge in [0.25, 0.3) is 0 Å². The molecule has 0 atom stereocenters. The minimum atomic E-state index is -1.69. The van der Waals surface area contributed by atoms with Gasteiger partial charge < -0.3 is 37.9 Å². The first kappa shape index (κ1) is 39.7. The average molecular weight is 641 g/mol. The van der Waals surface area contributed by atoms with Crippen LogP contribution >= 0.6 is 0 Å². The van der Waals surface area contributed by atoms with E-state index in [2.05, 4.69) is 26.3 Å². The predicted molar refractivity (Wildman–Crippen MR) is 149 cm³/mol. The molecule has 0 N–H and O–H groups in total. The fourth-order valence-corrected chi connectivity index (χ4v) is 2.65. The molecule has 0 saturated carbocycles. The quantitative estimate of drug-likeness (QED) is 0.0804. The lowest BCUT2D eigenvalue weighted by molar-refractivity contribution is -0.171. The molecule has 0 rings (SSSR count). The summed E-state index contributed by atoms with van der Waals surface area (Å²) in [5.41, 5.74) is -1.69. The predicted octanol–water partition coefficient (Wildman–Crippen LogP) is 0.623. The molecule has 0 aliphatic rings. The molecule has 0 aliphatic carbocycles. The van der Waals surface area contributed by atoms with Gasteiger partial charge in [-0.25, -0.2) is 19.2 Å². The zero-order valence-corrected chi connectivity index (χ0v) is 24.7. The molecule has 0 amide bonds. The summed E-state index contributed by atoms with van der Waals surface area (Å²) in [6.07, 6.45) is 1.98. The van der Waals surface area contributed by atoms with Crippen LogP contribution in [-0.4, -0.2) is 101 Å². The molecule has 16 heteroatoms. The van der Waals surface area contributed by atoms with E-state index in [1.54, 1.807) is 0 Å². The highest BCUT2D eigenvalue weighted by Crippen LogP contribution is 2.22. The molecule has 0 aromatic heterocycles. The minimum absolute atomic E-state index is 0.355. The van der Waals surface area contributed by atoms with Gasteiger partial charge in [-0.1, -0.05) is 26.3 Å². The summed E-state index contributed by atoms with van der Waals surface area (Å²) in [7, 11) is 0. The number of ether oxygens (including phenoxy) is 8. The van der Waals surface area contributed by atoms with Crippen molar-refractivity contribution in [3.63, 3.8) is 0 Å². The van der Waals surface area contributed by atoms with Crippen LogP contribution in [0.5, 0.6) is 0 Å². The number of hydrogen-bond donors (Lipinski definition) is 0. The highest BCUT2D eigenvalue weighted by Gasteiger charge is 2.38. The van der Waals surface area contributed by atoms with Crippen molar-refractivity contribution in [2.24, 2.45) is 5.41 Å². The zero-order chi connectivity index (χ0) is 34.1. The normalized spacial score (nSPS) is 10.1. The summed E-state index contributed by atoms with van der Waals surface area (Å²) in [6.45, 7) is 8.91. The molecule has 16 nitrogen and oxygen atoms in total. The zero-order valence-electron chi connectivity index (χ0n) is 24.7. The van der Waals surface area contributed by atoms with Crippen LogP contribution in [0.2, 0.25) is 0 Å². The second-order valence-electron chi connectivity index (χ2n) is 8.63. The maximum atomic E-state index is 12.3. The van der Waals surface area contributed by atoms with Crippen molar-refractivity contribution in [3.05, 3.63) is 50.6 Å². The summed E-state index contributed by atoms with van der Waals surface area (Å²) in [6, 6.07) is 0. The Morgan fingerprint density at radius 2 is 0.578 bits per heavy atom. The fourth-order valence-electron chi connectivity index (χ4n) is 2.65. The number of esters is 8. The van der Waals surface area contributed by atoms with Crippen molar-refractivity contribution >= 4 is 47.8 Å². The number of hydrogen-bond acceptors (Lipinski definition) is 16. The van der Waals surface area contributed by atoms with Gasteiger partial charge in [0.05, 0.1) is 25.7 Å². The summed E-state index contributed by atoms with van der Waals surface area (Å²) in [5.74, 6) is -6.65. The van der Waals surface area contributed by atoms with Gasteiger partial charge in [0, 0.05) is 24.3 Å². The van der Waals surface area contributed by atoms with Gasteiger partial charge in [-0.3, -0.25) is 19.2 Å². The van der Waals surface area contributed by atoms with Crippen molar-refractivity contribution in [1.82, 2.24) is 0 Å². The van der Waals surface area contributed by atoms with E-state index >= 15 is 0 Å². The summed E-state index contributed by atoms with van der Waals surface area (Å²) >= 11 is 0. The Morgan fingerprint density at radius 1 is 0.378 bits per heavy atom. The fraction of sp³-hybridized carbons (Fsp3) is 0.448. The topological polar surface area (TPSA) is 210 Å². The number of rotatable bonds is 24. The molecule has 0 bridgehead atoms. The first-order valence-electron chi connectivity index (χ1n) is 13.2. The van der Waals surface area contributed by atoms with Crippen LogP contribution in [0.3, 0.4) is 0 Å². The molecular weight excluding hydrogens is 604 g/mol. The van der Waals surface area contributed by atoms with Crippen LogP contribution in [0, 0.1) is 5.41 Å². The summed E-state index contributed by atoms with van der Waals surface area (Å²) in [5, 5.41) is 0. The first-order chi connectivity index (χ1) is 21.4. The Kier molecular flexibility index (Phi) is 20.5. The maximum absolute atomic E-state index is 12.3. The summed E-state index contributed by atoms with van der Waals surface area (Å²) in [4.78, 5) is 94.2. The second-order valence-corrected chi connectivity index (χ2v) is 8.63. The highest BCUT2D eigenvalue weighted by molar-refractivity contribution is 5.82. The summed E-state index contributed by atoms with van der Waals surface area (Å²) < 4.78 is 39.8. The van der Waals surface area contributed by atoms with Crippen LogP contribution in [0.1, 0.15) is 25.7 Å². The smallest absolute Gasteiger partial charge is 0.330 e. The third-order valence-corrected chi connectivity index (χ3v) is 5.03. The minimum Gasteiger partial charge on any atom is -0.465 e. The van der Waals surface area contributed by atoms with Crippen LogP contribution in [0.25, 0.3) is 0 Å². The van der Waals surface area contributed by atoms with E-state index in [1.165, 1.54) is 0 Å². The number of carbonyl (C=O) groups excluding carboxylic acids is 8. The Balaban J connectivity index is 5.75. The van der Waals surface area contributed by atoms with Crippen LogP contribution in [0.4, 0.5) is 0 Å². The van der Waals surface area contributed by atoms with Gasteiger partial charge in [0.1, 0.15) is 58.3 Å². The van der Waals surface area contributed by atoms with Crippen molar-refractivity contribution in [1.29, 1.82) is 0 Å². The van der Waals surface area contributed by atoms with Crippen LogP contribution in [-0.2, 0) is 76.3 Å². The van der Waals surface area contributed by atoms with Crippen molar-refractivity contribution in [2.75, 3.05) is 52.9 Å². The first-order valence-corrected chi connectivity index (χ1v) is 13.2. The Morgan fingerprint density at radius 3 is 0.756 bits per heavy atom. The Bertz CT molecular complexity index is 932. The molecule has 0 aliphatic heterocycles. The molecular formula is C29H36O16. The molecule has 0 unspecified atom stereocenters. The van der Waals surface area contributed by atoms with E-state index in [-0.39, 0.29) is 26.4 Å². The maximum Gasteiger partial charge on any atom is 0.330 e. The molecule has 0 aromatic carbocycles. The lowest BCUT2D eigenvalue weighted by atomic mass is 9.92. The Labute approximate surface area is 258 Å². The number of carbonyl (C=O) groups is 8. The molecule has 45 heavy (non-hydrogen) atoms. The second kappa shape index (κ2) is 23.2. The monoisotopic (exact) mass is 640 g/mol. The molecule has 248 valence electrons. The average Bonchev–Trinajstić information content (AvgIpc) is 3.03. The van der Waals surface area contributed by atoms with E-state index in [1.807, 2.05) is 0 Å². The van der Waals surface area contributed by atoms with E-state index in [4.69, 9.17) is 37.9 Å². The third kappa shape index (κ3) is 20.3. The highest BCUT2D eigenvalue weighted by atomic mass is 16.6. The van der Waals surface area contributed by atoms with Gasteiger partial charge in [0.2, 0.25) is 0 Å². The molecule has 0 radical (unpaired) electrons. The van der Waals surface area contributed by atoms with Crippen molar-refractivity contribution in [3.8, 4) is 0 Å². The molecule has 0 aromatic rings. The molecule has 0 heterocycles. The van der Waals surface area contributed by atoms with E-state index < -0.39 is 105 Å². The standard InChI is InChI=1S/C29H36O16/c1-5-21(30)38-13-9-25(34)42-17-29(18-43-26(35)10-14-39-22(31)6-2,19-44-27(36)11-15-40-23(32)7-3)20-45-28(37)12-16-41-24(33)8-4/h5-8H,1-4,9-20H2. The lowest BCUT2D eigenvalue weighted by Crippen LogP contribution is -2.44. The van der Waals surface area contributed by atoms with Gasteiger partial charge in [-0.15, -0.1) is 0 Å². The van der Waals surface area contributed by atoms with Gasteiger partial charge >= 0.3 is 47.8 Å². The molecule has 0 spiro atoms. The SMILES string of the molecule is C=CC(=O)OCCC(=O)OCC(COC(=O)CCOC(=O)C=C)(COC(=O)CCOC(=O)C=C)COC(=O)CCOC(=O)C=C. The van der Waals surface area contributed by atoms with Gasteiger partial charge in [-0.2, -0.15) is 0 Å². The van der Waals surface area contributed by atoms with Gasteiger partial charge in [0.15, 0.2) is 0 Å². The van der Waals surface area contributed by atoms with Crippen molar-refractivity contribution < 1.29 is 76.3 Å². The van der Waals surface area contributed by atoms with Gasteiger partial charge in [-0.05, 0) is 0 Å². The van der Waals surface area contributed by atoms with Crippen LogP contribution < -0.4 is 0 Å². The van der Waals surface area contributed by atoms with E-state index in [9.17, 15) is 38.4 Å². The third-order valence-electron chi connectivity index (χ3n) is 5.03. The van der Waals surface area contributed by atoms with Crippen molar-refractivity contribution in [2.45, 2.75) is 25.7 Å². The Hall–Kier alpha value is -5.28. The van der Waals surface area contributed by atoms with Crippen LogP contribution in [0.15, 0.2) is 50.6 Å². The largest absolute Gasteiger partial charge is 0.465 e. The lowest BCUT2D eigenvalue weighted by Gasteiger charge is -2.31. The van der Waals surface area contributed by atoms with E-state index in [0.29, 0.717) is 0 Å². The molecule has 0 saturated heterocycles. The van der Waals surface area contributed by atoms with E-state index in [0.717, 1.165) is 24.3 Å². The molecule has 0 fully saturated rings.